The largest absolute Gasteiger partial charge is 0.343 e. The number of carbonyl (C=O) groups excluding carboxylic acids is 3. The minimum atomic E-state index is -1.34. The molecule has 2 aliphatic rings. The third-order valence-electron chi connectivity index (χ3n) is 6.72. The maximum Gasteiger partial charge on any atom is 0.240 e. The molecule has 2 fully saturated rings. The van der Waals surface area contributed by atoms with Gasteiger partial charge >= 0.3 is 0 Å². The molecule has 0 aromatic heterocycles. The van der Waals surface area contributed by atoms with Crippen LogP contribution in [0.25, 0.3) is 0 Å². The second kappa shape index (κ2) is 8.61. The van der Waals surface area contributed by atoms with Gasteiger partial charge in [0.2, 0.25) is 17.7 Å². The van der Waals surface area contributed by atoms with Crippen molar-refractivity contribution in [2.24, 2.45) is 0 Å². The lowest BCUT2D eigenvalue weighted by Crippen LogP contribution is -2.43. The Morgan fingerprint density at radius 3 is 2.52 bits per heavy atom. The van der Waals surface area contributed by atoms with Crippen molar-refractivity contribution in [2.75, 3.05) is 20.1 Å². The minimum Gasteiger partial charge on any atom is -0.343 e. The highest BCUT2D eigenvalue weighted by atomic mass is 19.1. The number of likely N-dealkylation sites (tertiary alicyclic amines) is 2. The number of carbonyl (C=O) groups is 3. The summed E-state index contributed by atoms with van der Waals surface area (Å²) in [4.78, 5) is 41.6. The van der Waals surface area contributed by atoms with Crippen molar-refractivity contribution < 1.29 is 18.8 Å². The lowest BCUT2D eigenvalue weighted by Gasteiger charge is -2.30. The fourth-order valence-electron chi connectivity index (χ4n) is 4.91. The van der Waals surface area contributed by atoms with Crippen LogP contribution < -0.4 is 0 Å². The van der Waals surface area contributed by atoms with Gasteiger partial charge in [0.25, 0.3) is 0 Å². The summed E-state index contributed by atoms with van der Waals surface area (Å²) in [5.41, 5.74) is 0.336. The summed E-state index contributed by atoms with van der Waals surface area (Å²) in [5.74, 6) is -1.03. The molecule has 0 unspecified atom stereocenters. The zero-order chi connectivity index (χ0) is 22.0. The second-order valence-electron chi connectivity index (χ2n) is 8.62. The predicted octanol–water partition coefficient (Wildman–Crippen LogP) is 3.64. The molecule has 2 atom stereocenters. The lowest BCUT2D eigenvalue weighted by molar-refractivity contribution is -0.141. The molecule has 2 aromatic carbocycles. The Bertz CT molecular complexity index is 993. The number of amides is 3. The van der Waals surface area contributed by atoms with Crippen LogP contribution in [0.2, 0.25) is 0 Å². The summed E-state index contributed by atoms with van der Waals surface area (Å²) in [7, 11) is 1.42. The number of hydrogen-bond donors (Lipinski definition) is 0. The van der Waals surface area contributed by atoms with Gasteiger partial charge in [0, 0.05) is 33.0 Å². The molecule has 2 aliphatic heterocycles. The van der Waals surface area contributed by atoms with Crippen LogP contribution in [-0.2, 0) is 19.8 Å². The summed E-state index contributed by atoms with van der Waals surface area (Å²) in [5, 5.41) is 0. The van der Waals surface area contributed by atoms with Gasteiger partial charge in [-0.15, -0.1) is 0 Å². The van der Waals surface area contributed by atoms with E-state index in [1.165, 1.54) is 30.8 Å². The maximum atomic E-state index is 14.0. The van der Waals surface area contributed by atoms with E-state index in [4.69, 9.17) is 0 Å². The molecule has 0 aliphatic carbocycles. The van der Waals surface area contributed by atoms with Gasteiger partial charge in [0.1, 0.15) is 5.82 Å². The number of likely N-dealkylation sites (N-methyl/N-ethyl adjacent to an activating group) is 1. The van der Waals surface area contributed by atoms with E-state index in [1.807, 2.05) is 18.2 Å². The third kappa shape index (κ3) is 4.11. The second-order valence-corrected chi connectivity index (χ2v) is 8.62. The van der Waals surface area contributed by atoms with Crippen molar-refractivity contribution in [3.8, 4) is 0 Å². The van der Waals surface area contributed by atoms with Crippen LogP contribution in [-0.4, -0.2) is 47.7 Å². The van der Waals surface area contributed by atoms with E-state index < -0.39 is 17.1 Å². The Kier molecular flexibility index (Phi) is 5.90. The molecule has 0 radical (unpaired) electrons. The van der Waals surface area contributed by atoms with E-state index in [0.29, 0.717) is 24.6 Å². The molecule has 3 amide bonds. The Morgan fingerprint density at radius 1 is 1.06 bits per heavy atom. The summed E-state index contributed by atoms with van der Waals surface area (Å²) in [6, 6.07) is 16.0. The molecule has 5 nitrogen and oxygen atoms in total. The van der Waals surface area contributed by atoms with Gasteiger partial charge in [-0.1, -0.05) is 42.5 Å². The first-order chi connectivity index (χ1) is 14.9. The van der Waals surface area contributed by atoms with E-state index in [1.54, 1.807) is 11.0 Å². The van der Waals surface area contributed by atoms with Gasteiger partial charge in [-0.3, -0.25) is 19.3 Å². The van der Waals surface area contributed by atoms with Crippen molar-refractivity contribution in [3.63, 3.8) is 0 Å². The predicted molar refractivity (Wildman–Crippen MR) is 115 cm³/mol. The Labute approximate surface area is 181 Å². The van der Waals surface area contributed by atoms with E-state index in [-0.39, 0.29) is 24.7 Å². The normalized spacial score (nSPS) is 24.4. The fraction of sp³-hybridized carbons (Fsp3) is 0.400. The van der Waals surface area contributed by atoms with Gasteiger partial charge in [0.05, 0.1) is 5.41 Å². The molecule has 0 bridgehead atoms. The fourth-order valence-corrected chi connectivity index (χ4v) is 4.91. The zero-order valence-electron chi connectivity index (χ0n) is 17.7. The van der Waals surface area contributed by atoms with Crippen LogP contribution in [0.1, 0.15) is 49.1 Å². The number of rotatable bonds is 4. The molecular weight excluding hydrogens is 395 g/mol. The van der Waals surface area contributed by atoms with Gasteiger partial charge in [-0.2, -0.15) is 0 Å². The van der Waals surface area contributed by atoms with E-state index in [9.17, 15) is 18.8 Å². The Hall–Kier alpha value is -3.02. The first kappa shape index (κ1) is 21.2. The number of halogens is 1. The third-order valence-corrected chi connectivity index (χ3v) is 6.72. The monoisotopic (exact) mass is 422 g/mol. The highest BCUT2D eigenvalue weighted by Gasteiger charge is 2.53. The zero-order valence-corrected chi connectivity index (χ0v) is 17.7. The standard InChI is InChI=1S/C25H27FN2O3/c1-27-22(29)16-25(24(27)31,20-10-5-11-21(26)15-20)17-23(30)28-13-6-9-19(12-14-28)18-7-3-2-4-8-18/h2-5,7-8,10-11,15,19H,6,9,12-14,16-17H2,1H3/t19-,25-/m1/s1. The SMILES string of the molecule is CN1C(=O)C[C@@](CC(=O)N2CCC[C@@H](c3ccccc3)CC2)(c2cccc(F)c2)C1=O. The van der Waals surface area contributed by atoms with Crippen molar-refractivity contribution in [2.45, 2.75) is 43.4 Å². The summed E-state index contributed by atoms with van der Waals surface area (Å²) in [6.07, 6.45) is 2.50. The molecule has 6 heteroatoms. The molecule has 2 heterocycles. The average molecular weight is 423 g/mol. The number of benzene rings is 2. The number of hydrogen-bond acceptors (Lipinski definition) is 3. The molecular formula is C25H27FN2O3. The van der Waals surface area contributed by atoms with Crippen LogP contribution in [0, 0.1) is 5.82 Å². The molecule has 2 aromatic rings. The average Bonchev–Trinajstić information content (AvgIpc) is 2.96. The topological polar surface area (TPSA) is 57.7 Å². The van der Waals surface area contributed by atoms with Gasteiger partial charge < -0.3 is 4.90 Å². The highest BCUT2D eigenvalue weighted by molar-refractivity contribution is 6.10. The van der Waals surface area contributed by atoms with Crippen molar-refractivity contribution in [1.82, 2.24) is 9.80 Å². The Balaban J connectivity index is 1.55. The Morgan fingerprint density at radius 2 is 1.84 bits per heavy atom. The quantitative estimate of drug-likeness (QED) is 0.707. The summed E-state index contributed by atoms with van der Waals surface area (Å²) < 4.78 is 14.0. The first-order valence-corrected chi connectivity index (χ1v) is 10.8. The van der Waals surface area contributed by atoms with Gasteiger partial charge in [-0.25, -0.2) is 4.39 Å². The molecule has 0 N–H and O–H groups in total. The molecule has 0 saturated carbocycles. The molecule has 31 heavy (non-hydrogen) atoms. The van der Waals surface area contributed by atoms with Gasteiger partial charge in [0.15, 0.2) is 0 Å². The van der Waals surface area contributed by atoms with Crippen LogP contribution in [0.5, 0.6) is 0 Å². The van der Waals surface area contributed by atoms with Gasteiger partial charge in [-0.05, 0) is 48.4 Å². The number of nitrogens with zero attached hydrogens (tertiary/aromatic N) is 2. The molecule has 4 rings (SSSR count). The van der Waals surface area contributed by atoms with Crippen LogP contribution in [0.3, 0.4) is 0 Å². The van der Waals surface area contributed by atoms with Crippen LogP contribution >= 0.6 is 0 Å². The van der Waals surface area contributed by atoms with Crippen molar-refractivity contribution in [3.05, 3.63) is 71.5 Å². The lowest BCUT2D eigenvalue weighted by atomic mass is 9.75. The van der Waals surface area contributed by atoms with Crippen LogP contribution in [0.15, 0.2) is 54.6 Å². The summed E-state index contributed by atoms with van der Waals surface area (Å²) in [6.45, 7) is 1.23. The van der Waals surface area contributed by atoms with E-state index >= 15 is 0 Å². The van der Waals surface area contributed by atoms with Crippen molar-refractivity contribution in [1.29, 1.82) is 0 Å². The van der Waals surface area contributed by atoms with Crippen LogP contribution in [0.4, 0.5) is 4.39 Å². The smallest absolute Gasteiger partial charge is 0.240 e. The maximum absolute atomic E-state index is 14.0. The molecule has 162 valence electrons. The van der Waals surface area contributed by atoms with E-state index in [0.717, 1.165) is 24.2 Å². The highest BCUT2D eigenvalue weighted by Crippen LogP contribution is 2.40. The van der Waals surface area contributed by atoms with E-state index in [2.05, 4.69) is 12.1 Å². The summed E-state index contributed by atoms with van der Waals surface area (Å²) >= 11 is 0. The number of imide groups is 1. The van der Waals surface area contributed by atoms with Crippen molar-refractivity contribution >= 4 is 17.7 Å². The minimum absolute atomic E-state index is 0.113. The first-order valence-electron chi connectivity index (χ1n) is 10.8. The molecule has 2 saturated heterocycles. The molecule has 0 spiro atoms.